The number of nitrogens with one attached hydrogen (secondary N) is 2. The Bertz CT molecular complexity index is 1200. The molecule has 0 amide bonds. The van der Waals surface area contributed by atoms with Gasteiger partial charge in [0.1, 0.15) is 34.7 Å². The van der Waals surface area contributed by atoms with Gasteiger partial charge in [0.15, 0.2) is 17.6 Å². The average Bonchev–Trinajstić information content (AvgIpc) is 3.20. The summed E-state index contributed by atoms with van der Waals surface area (Å²) < 4.78 is 60.3. The third-order valence-electron chi connectivity index (χ3n) is 5.04. The molecule has 0 bridgehead atoms. The number of methoxy groups -OCH3 is 1. The van der Waals surface area contributed by atoms with E-state index in [1.165, 1.54) is 6.20 Å². The van der Waals surface area contributed by atoms with Crippen molar-refractivity contribution in [3.05, 3.63) is 35.4 Å². The van der Waals surface area contributed by atoms with Gasteiger partial charge in [-0.15, -0.1) is 0 Å². The van der Waals surface area contributed by atoms with E-state index in [2.05, 4.69) is 25.7 Å². The smallest absolute Gasteiger partial charge is 0.420 e. The van der Waals surface area contributed by atoms with E-state index in [0.717, 1.165) is 36.6 Å². The molecule has 3 N–H and O–H groups in total. The number of halogens is 4. The zero-order valence-electron chi connectivity index (χ0n) is 18.6. The van der Waals surface area contributed by atoms with Crippen LogP contribution in [0.5, 0.6) is 5.75 Å². The fourth-order valence-electron chi connectivity index (χ4n) is 3.46. The lowest BCUT2D eigenvalue weighted by Crippen LogP contribution is -2.31. The van der Waals surface area contributed by atoms with Gasteiger partial charge < -0.3 is 20.5 Å². The predicted octanol–water partition coefficient (Wildman–Crippen LogP) is 3.21. The number of alkyl halides is 3. The average molecular weight is 481 g/mol. The van der Waals surface area contributed by atoms with Crippen molar-refractivity contribution in [3.63, 3.8) is 0 Å². The monoisotopic (exact) mass is 481 g/mol. The van der Waals surface area contributed by atoms with Crippen molar-refractivity contribution in [2.45, 2.75) is 38.1 Å². The number of fused-ring (bicyclic) bond motifs is 1. The minimum absolute atomic E-state index is 0.0323. The Morgan fingerprint density at radius 2 is 2.06 bits per heavy atom. The summed E-state index contributed by atoms with van der Waals surface area (Å²) in [6.07, 6.45) is -5.17. The molecule has 0 aliphatic heterocycles. The SMILES string of the molecule is CCCC(CNC)Nc1nc(-c2cnc3cc(OC)c(C(O)C(F)(F)F)nn23)c(F)cc1C#N. The summed E-state index contributed by atoms with van der Waals surface area (Å²) in [5.41, 5.74) is -1.15. The summed E-state index contributed by atoms with van der Waals surface area (Å²) in [6, 6.07) is 3.92. The summed E-state index contributed by atoms with van der Waals surface area (Å²) in [6.45, 7) is 2.55. The van der Waals surface area contributed by atoms with E-state index >= 15 is 0 Å². The first-order valence-corrected chi connectivity index (χ1v) is 10.3. The van der Waals surface area contributed by atoms with E-state index in [1.807, 2.05) is 13.0 Å². The second kappa shape index (κ2) is 10.2. The van der Waals surface area contributed by atoms with Crippen LogP contribution in [0.25, 0.3) is 17.0 Å². The number of hydrogen-bond donors (Lipinski definition) is 3. The number of hydrogen-bond acceptors (Lipinski definition) is 8. The van der Waals surface area contributed by atoms with Crippen LogP contribution in [0.2, 0.25) is 0 Å². The van der Waals surface area contributed by atoms with Crippen LogP contribution >= 0.6 is 0 Å². The number of anilines is 1. The number of imidazole rings is 1. The molecule has 0 saturated carbocycles. The summed E-state index contributed by atoms with van der Waals surface area (Å²) >= 11 is 0. The van der Waals surface area contributed by atoms with Crippen LogP contribution in [0.15, 0.2) is 18.3 Å². The van der Waals surface area contributed by atoms with E-state index < -0.39 is 23.8 Å². The van der Waals surface area contributed by atoms with Crippen molar-refractivity contribution in [1.82, 2.24) is 24.9 Å². The van der Waals surface area contributed by atoms with E-state index in [9.17, 15) is 27.9 Å². The summed E-state index contributed by atoms with van der Waals surface area (Å²) in [5, 5.41) is 29.2. The Balaban J connectivity index is 2.16. The third kappa shape index (κ3) is 5.02. The zero-order valence-corrected chi connectivity index (χ0v) is 18.6. The number of aliphatic hydroxyl groups excluding tert-OH is 1. The van der Waals surface area contributed by atoms with Crippen LogP contribution in [0.1, 0.15) is 37.1 Å². The fourth-order valence-corrected chi connectivity index (χ4v) is 3.46. The molecule has 3 heterocycles. The molecular weight excluding hydrogens is 458 g/mol. The van der Waals surface area contributed by atoms with E-state index in [1.54, 1.807) is 7.05 Å². The maximum atomic E-state index is 15.0. The molecular formula is C21H23F4N7O2. The molecule has 3 rings (SSSR count). The highest BCUT2D eigenvalue weighted by atomic mass is 19.4. The van der Waals surface area contributed by atoms with E-state index in [-0.39, 0.29) is 40.2 Å². The lowest BCUT2D eigenvalue weighted by atomic mass is 10.1. The van der Waals surface area contributed by atoms with Gasteiger partial charge >= 0.3 is 6.18 Å². The standard InChI is InChI=1S/C21H23F4N7O2/c1-4-5-12(9-27-2)29-20-11(8-26)6-13(22)17(30-20)14-10-28-16-7-15(34-3)18(31-32(14)16)19(33)21(23,24)25/h6-7,10,12,19,27,33H,4-5,9H2,1-3H3,(H,29,30). The van der Waals surface area contributed by atoms with Gasteiger partial charge in [0.2, 0.25) is 0 Å². The number of likely N-dealkylation sites (N-methyl/N-ethyl adjacent to an activating group) is 1. The number of rotatable bonds is 9. The number of aromatic nitrogens is 4. The Labute approximate surface area is 192 Å². The van der Waals surface area contributed by atoms with E-state index in [0.29, 0.717) is 6.54 Å². The van der Waals surface area contributed by atoms with E-state index in [4.69, 9.17) is 4.74 Å². The van der Waals surface area contributed by atoms with Crippen LogP contribution in [0.3, 0.4) is 0 Å². The first-order valence-electron chi connectivity index (χ1n) is 10.3. The van der Waals surface area contributed by atoms with Crippen LogP contribution in [-0.2, 0) is 0 Å². The van der Waals surface area contributed by atoms with Crippen molar-refractivity contribution in [2.75, 3.05) is 26.0 Å². The first kappa shape index (κ1) is 25.1. The van der Waals surface area contributed by atoms with Crippen LogP contribution in [0.4, 0.5) is 23.4 Å². The van der Waals surface area contributed by atoms with Crippen molar-refractivity contribution in [1.29, 1.82) is 5.26 Å². The molecule has 0 aliphatic rings. The molecule has 3 aromatic rings. The van der Waals surface area contributed by atoms with Gasteiger partial charge in [-0.1, -0.05) is 13.3 Å². The summed E-state index contributed by atoms with van der Waals surface area (Å²) in [5.74, 6) is -1.11. The largest absolute Gasteiger partial charge is 0.495 e. The maximum absolute atomic E-state index is 15.0. The highest BCUT2D eigenvalue weighted by Crippen LogP contribution is 2.37. The highest BCUT2D eigenvalue weighted by molar-refractivity contribution is 5.66. The Kier molecular flexibility index (Phi) is 7.53. The summed E-state index contributed by atoms with van der Waals surface area (Å²) in [7, 11) is 2.89. The van der Waals surface area contributed by atoms with Gasteiger partial charge in [-0.25, -0.2) is 18.9 Å². The number of aliphatic hydroxyl groups is 1. The summed E-state index contributed by atoms with van der Waals surface area (Å²) in [4.78, 5) is 8.31. The minimum Gasteiger partial charge on any atom is -0.495 e. The fraction of sp³-hybridized carbons (Fsp3) is 0.429. The van der Waals surface area contributed by atoms with Crippen molar-refractivity contribution in [2.24, 2.45) is 0 Å². The molecule has 9 nitrogen and oxygen atoms in total. The molecule has 0 radical (unpaired) electrons. The van der Waals surface area contributed by atoms with Gasteiger partial charge in [0, 0.05) is 18.7 Å². The van der Waals surface area contributed by atoms with Crippen molar-refractivity contribution >= 4 is 11.5 Å². The lowest BCUT2D eigenvalue weighted by Gasteiger charge is -2.20. The van der Waals surface area contributed by atoms with Gasteiger partial charge in [-0.3, -0.25) is 0 Å². The Hall–Kier alpha value is -3.50. The second-order valence-electron chi connectivity index (χ2n) is 7.47. The second-order valence-corrected chi connectivity index (χ2v) is 7.47. The highest BCUT2D eigenvalue weighted by Gasteiger charge is 2.42. The van der Waals surface area contributed by atoms with Gasteiger partial charge in [0.25, 0.3) is 0 Å². The minimum atomic E-state index is -5.01. The molecule has 0 spiro atoms. The van der Waals surface area contributed by atoms with Crippen molar-refractivity contribution < 1.29 is 27.4 Å². The molecule has 0 aromatic carbocycles. The quantitative estimate of drug-likeness (QED) is 0.399. The Morgan fingerprint density at radius 1 is 1.32 bits per heavy atom. The molecule has 182 valence electrons. The maximum Gasteiger partial charge on any atom is 0.420 e. The number of pyridine rings is 1. The predicted molar refractivity (Wildman–Crippen MR) is 115 cm³/mol. The molecule has 2 unspecified atom stereocenters. The van der Waals surface area contributed by atoms with Gasteiger partial charge in [-0.2, -0.15) is 23.5 Å². The van der Waals surface area contributed by atoms with Crippen molar-refractivity contribution in [3.8, 4) is 23.2 Å². The third-order valence-corrected chi connectivity index (χ3v) is 5.04. The van der Waals surface area contributed by atoms with Crippen LogP contribution < -0.4 is 15.4 Å². The van der Waals surface area contributed by atoms with Crippen LogP contribution in [-0.4, -0.2) is 57.6 Å². The molecule has 0 saturated heterocycles. The molecule has 3 aromatic heterocycles. The molecule has 34 heavy (non-hydrogen) atoms. The molecule has 0 aliphatic carbocycles. The molecule has 0 fully saturated rings. The van der Waals surface area contributed by atoms with Gasteiger partial charge in [0.05, 0.1) is 18.9 Å². The molecule has 13 heteroatoms. The lowest BCUT2D eigenvalue weighted by molar-refractivity contribution is -0.208. The zero-order chi connectivity index (χ0) is 25.0. The van der Waals surface area contributed by atoms with Crippen LogP contribution in [0, 0.1) is 17.1 Å². The van der Waals surface area contributed by atoms with Gasteiger partial charge in [-0.05, 0) is 19.5 Å². The molecule has 2 atom stereocenters. The number of ether oxygens (including phenoxy) is 1. The number of nitriles is 1. The number of nitrogens with zero attached hydrogens (tertiary/aromatic N) is 5. The first-order chi connectivity index (χ1) is 16.1. The normalized spacial score (nSPS) is 13.5. The Morgan fingerprint density at radius 3 is 2.65 bits per heavy atom. The topological polar surface area (TPSA) is 120 Å².